The molecular formula is C14H21ClN2O3S. The Morgan fingerprint density at radius 2 is 2.14 bits per heavy atom. The lowest BCUT2D eigenvalue weighted by Crippen LogP contribution is -2.26. The summed E-state index contributed by atoms with van der Waals surface area (Å²) in [5.74, 6) is 0.724. The fraction of sp³-hybridized carbons (Fsp3) is 0.571. The molecule has 1 fully saturated rings. The largest absolute Gasteiger partial charge is 0.381 e. The van der Waals surface area contributed by atoms with Crippen molar-refractivity contribution in [3.63, 3.8) is 0 Å². The van der Waals surface area contributed by atoms with E-state index in [0.29, 0.717) is 26.1 Å². The van der Waals surface area contributed by atoms with E-state index < -0.39 is 10.0 Å². The number of nitrogens with two attached hydrogens (primary N) is 1. The molecule has 0 radical (unpaired) electrons. The van der Waals surface area contributed by atoms with Crippen LogP contribution in [0.25, 0.3) is 0 Å². The lowest BCUT2D eigenvalue weighted by atomic mass is 10.2. The van der Waals surface area contributed by atoms with Crippen LogP contribution in [0.2, 0.25) is 5.02 Å². The SMILES string of the molecule is NCc1ccc(S(=O)(=O)NCCCOCC2CC2)c(Cl)c1. The van der Waals surface area contributed by atoms with Crippen LogP contribution in [0.1, 0.15) is 24.8 Å². The first-order valence-electron chi connectivity index (χ1n) is 7.09. The highest BCUT2D eigenvalue weighted by atomic mass is 35.5. The average Bonchev–Trinajstić information content (AvgIpc) is 3.26. The van der Waals surface area contributed by atoms with Crippen molar-refractivity contribution in [2.24, 2.45) is 11.7 Å². The van der Waals surface area contributed by atoms with Gasteiger partial charge in [0.2, 0.25) is 10.0 Å². The fourth-order valence-electron chi connectivity index (χ4n) is 1.88. The van der Waals surface area contributed by atoms with Crippen LogP contribution in [0.5, 0.6) is 0 Å². The molecule has 1 aromatic carbocycles. The van der Waals surface area contributed by atoms with Gasteiger partial charge < -0.3 is 10.5 Å². The van der Waals surface area contributed by atoms with Crippen molar-refractivity contribution >= 4 is 21.6 Å². The summed E-state index contributed by atoms with van der Waals surface area (Å²) in [6.07, 6.45) is 3.15. The van der Waals surface area contributed by atoms with Crippen molar-refractivity contribution in [2.45, 2.75) is 30.7 Å². The van der Waals surface area contributed by atoms with Crippen molar-refractivity contribution in [3.05, 3.63) is 28.8 Å². The number of hydrogen-bond donors (Lipinski definition) is 2. The zero-order chi connectivity index (χ0) is 15.3. The van der Waals surface area contributed by atoms with Crippen molar-refractivity contribution in [2.75, 3.05) is 19.8 Å². The molecule has 0 aromatic heterocycles. The third kappa shape index (κ3) is 5.23. The summed E-state index contributed by atoms with van der Waals surface area (Å²) < 4.78 is 32.3. The Morgan fingerprint density at radius 3 is 2.76 bits per heavy atom. The van der Waals surface area contributed by atoms with Gasteiger partial charge in [0.05, 0.1) is 5.02 Å². The summed E-state index contributed by atoms with van der Waals surface area (Å²) in [5, 5.41) is 0.190. The van der Waals surface area contributed by atoms with Crippen molar-refractivity contribution in [1.82, 2.24) is 4.72 Å². The molecule has 0 heterocycles. The molecule has 2 rings (SSSR count). The molecule has 118 valence electrons. The van der Waals surface area contributed by atoms with E-state index >= 15 is 0 Å². The van der Waals surface area contributed by atoms with Gasteiger partial charge in [-0.2, -0.15) is 0 Å². The minimum atomic E-state index is -3.59. The monoisotopic (exact) mass is 332 g/mol. The molecule has 0 saturated heterocycles. The Morgan fingerprint density at radius 1 is 1.38 bits per heavy atom. The summed E-state index contributed by atoms with van der Waals surface area (Å²) in [7, 11) is -3.59. The summed E-state index contributed by atoms with van der Waals surface area (Å²) in [4.78, 5) is 0.0836. The Balaban J connectivity index is 1.80. The van der Waals surface area contributed by atoms with E-state index in [1.54, 1.807) is 12.1 Å². The van der Waals surface area contributed by atoms with Gasteiger partial charge in [-0.15, -0.1) is 0 Å². The van der Waals surface area contributed by atoms with E-state index in [0.717, 1.165) is 18.1 Å². The van der Waals surface area contributed by atoms with Crippen LogP contribution in [0, 0.1) is 5.92 Å². The van der Waals surface area contributed by atoms with Gasteiger partial charge in [0.25, 0.3) is 0 Å². The van der Waals surface area contributed by atoms with E-state index in [9.17, 15) is 8.42 Å². The molecule has 21 heavy (non-hydrogen) atoms. The Labute approximate surface area is 130 Å². The second-order valence-corrected chi connectivity index (χ2v) is 7.38. The quantitative estimate of drug-likeness (QED) is 0.677. The van der Waals surface area contributed by atoms with Crippen LogP contribution in [0.3, 0.4) is 0 Å². The standard InChI is InChI=1S/C14H21ClN2O3S/c15-13-8-12(9-16)4-5-14(13)21(18,19)17-6-1-7-20-10-11-2-3-11/h4-5,8,11,17H,1-3,6-7,9-10,16H2. The molecule has 0 bridgehead atoms. The van der Waals surface area contributed by atoms with Gasteiger partial charge in [-0.25, -0.2) is 13.1 Å². The number of ether oxygens (including phenoxy) is 1. The summed E-state index contributed by atoms with van der Waals surface area (Å²) in [5.41, 5.74) is 6.29. The van der Waals surface area contributed by atoms with E-state index in [4.69, 9.17) is 22.1 Å². The number of sulfonamides is 1. The Bertz CT molecular complexity index is 574. The first-order chi connectivity index (χ1) is 10.0. The zero-order valence-corrected chi connectivity index (χ0v) is 13.4. The van der Waals surface area contributed by atoms with Gasteiger partial charge >= 0.3 is 0 Å². The van der Waals surface area contributed by atoms with Gasteiger partial charge in [0.1, 0.15) is 4.90 Å². The van der Waals surface area contributed by atoms with E-state index in [1.165, 1.54) is 18.9 Å². The van der Waals surface area contributed by atoms with Crippen LogP contribution in [-0.4, -0.2) is 28.2 Å². The molecule has 0 amide bonds. The predicted molar refractivity (Wildman–Crippen MR) is 82.7 cm³/mol. The van der Waals surface area contributed by atoms with Crippen molar-refractivity contribution in [3.8, 4) is 0 Å². The lowest BCUT2D eigenvalue weighted by Gasteiger charge is -2.09. The fourth-order valence-corrected chi connectivity index (χ4v) is 3.52. The molecule has 1 aliphatic rings. The first kappa shape index (κ1) is 16.7. The third-order valence-electron chi connectivity index (χ3n) is 3.33. The maximum atomic E-state index is 12.1. The zero-order valence-electron chi connectivity index (χ0n) is 11.8. The van der Waals surface area contributed by atoms with Gasteiger partial charge in [0, 0.05) is 26.3 Å². The molecule has 1 saturated carbocycles. The van der Waals surface area contributed by atoms with Crippen molar-refractivity contribution < 1.29 is 13.2 Å². The normalized spacial score (nSPS) is 15.3. The lowest BCUT2D eigenvalue weighted by molar-refractivity contribution is 0.123. The number of rotatable bonds is 9. The highest BCUT2D eigenvalue weighted by molar-refractivity contribution is 7.89. The Kier molecular flexibility index (Phi) is 6.01. The topological polar surface area (TPSA) is 81.4 Å². The maximum absolute atomic E-state index is 12.1. The minimum Gasteiger partial charge on any atom is -0.381 e. The van der Waals surface area contributed by atoms with Crippen LogP contribution in [0.4, 0.5) is 0 Å². The summed E-state index contributed by atoms with van der Waals surface area (Å²) in [6.45, 7) is 2.02. The first-order valence-corrected chi connectivity index (χ1v) is 8.95. The highest BCUT2D eigenvalue weighted by Crippen LogP contribution is 2.28. The van der Waals surface area contributed by atoms with Gasteiger partial charge in [-0.3, -0.25) is 0 Å². The van der Waals surface area contributed by atoms with E-state index in [-0.39, 0.29) is 9.92 Å². The molecule has 0 atom stereocenters. The second-order valence-electron chi connectivity index (χ2n) is 5.24. The van der Waals surface area contributed by atoms with Gasteiger partial charge in [-0.05, 0) is 42.9 Å². The van der Waals surface area contributed by atoms with Crippen LogP contribution >= 0.6 is 11.6 Å². The molecule has 7 heteroatoms. The van der Waals surface area contributed by atoms with Gasteiger partial charge in [-0.1, -0.05) is 17.7 Å². The van der Waals surface area contributed by atoms with E-state index in [2.05, 4.69) is 4.72 Å². The number of nitrogens with one attached hydrogen (secondary N) is 1. The molecule has 3 N–H and O–H groups in total. The average molecular weight is 333 g/mol. The minimum absolute atomic E-state index is 0.0836. The van der Waals surface area contributed by atoms with Crippen molar-refractivity contribution in [1.29, 1.82) is 0 Å². The molecule has 1 aliphatic carbocycles. The molecule has 0 unspecified atom stereocenters. The molecule has 0 aliphatic heterocycles. The molecular weight excluding hydrogens is 312 g/mol. The molecule has 1 aromatic rings. The van der Waals surface area contributed by atoms with Crippen LogP contribution in [0.15, 0.2) is 23.1 Å². The molecule has 0 spiro atoms. The second kappa shape index (κ2) is 7.56. The highest BCUT2D eigenvalue weighted by Gasteiger charge is 2.21. The summed E-state index contributed by atoms with van der Waals surface area (Å²) >= 11 is 6.00. The number of benzene rings is 1. The maximum Gasteiger partial charge on any atom is 0.242 e. The smallest absolute Gasteiger partial charge is 0.242 e. The number of hydrogen-bond acceptors (Lipinski definition) is 4. The Hall–Kier alpha value is -0.660. The third-order valence-corrected chi connectivity index (χ3v) is 5.27. The van der Waals surface area contributed by atoms with Crippen LogP contribution in [-0.2, 0) is 21.3 Å². The van der Waals surface area contributed by atoms with Crippen LogP contribution < -0.4 is 10.5 Å². The molecule has 5 nitrogen and oxygen atoms in total. The summed E-state index contributed by atoms with van der Waals surface area (Å²) in [6, 6.07) is 4.73. The van der Waals surface area contributed by atoms with E-state index in [1.807, 2.05) is 0 Å². The predicted octanol–water partition coefficient (Wildman–Crippen LogP) is 1.89. The van der Waals surface area contributed by atoms with Gasteiger partial charge in [0.15, 0.2) is 0 Å². The number of halogens is 1.